The molecule has 0 aromatic carbocycles. The summed E-state index contributed by atoms with van der Waals surface area (Å²) in [5.41, 5.74) is 1.01. The zero-order valence-corrected chi connectivity index (χ0v) is 10.3. The largest absolute Gasteiger partial charge is 0.338 e. The standard InChI is InChI=1S/C12H20N4O/c1-16-9-7-11(15-16)6-8-13-12(17)14-10-4-2-3-5-10/h7,9-10H,2-6,8H2,1H3,(H2,13,14,17). The highest BCUT2D eigenvalue weighted by Gasteiger charge is 2.16. The van der Waals surface area contributed by atoms with Gasteiger partial charge in [0.1, 0.15) is 0 Å². The molecule has 0 saturated heterocycles. The molecule has 0 spiro atoms. The molecule has 2 rings (SSSR count). The van der Waals surface area contributed by atoms with E-state index in [2.05, 4.69) is 15.7 Å². The number of aryl methyl sites for hydroxylation is 1. The van der Waals surface area contributed by atoms with E-state index in [1.807, 2.05) is 19.3 Å². The summed E-state index contributed by atoms with van der Waals surface area (Å²) < 4.78 is 1.77. The van der Waals surface area contributed by atoms with Crippen molar-refractivity contribution in [3.8, 4) is 0 Å². The molecule has 0 aliphatic heterocycles. The quantitative estimate of drug-likeness (QED) is 0.825. The zero-order valence-electron chi connectivity index (χ0n) is 10.3. The Hall–Kier alpha value is -1.52. The Balaban J connectivity index is 1.62. The molecule has 17 heavy (non-hydrogen) atoms. The molecule has 94 valence electrons. The number of aromatic nitrogens is 2. The van der Waals surface area contributed by atoms with Gasteiger partial charge in [0.05, 0.1) is 5.69 Å². The predicted octanol–water partition coefficient (Wildman–Crippen LogP) is 1.20. The van der Waals surface area contributed by atoms with Gasteiger partial charge in [-0.3, -0.25) is 4.68 Å². The Kier molecular flexibility index (Phi) is 4.01. The maximum atomic E-state index is 11.5. The van der Waals surface area contributed by atoms with E-state index in [4.69, 9.17) is 0 Å². The van der Waals surface area contributed by atoms with E-state index in [0.29, 0.717) is 12.6 Å². The van der Waals surface area contributed by atoms with E-state index < -0.39 is 0 Å². The second-order valence-corrected chi connectivity index (χ2v) is 4.61. The minimum absolute atomic E-state index is 0.0483. The van der Waals surface area contributed by atoms with Crippen molar-refractivity contribution in [3.63, 3.8) is 0 Å². The lowest BCUT2D eigenvalue weighted by molar-refractivity contribution is 0.237. The molecule has 0 radical (unpaired) electrons. The predicted molar refractivity (Wildman–Crippen MR) is 65.7 cm³/mol. The molecule has 1 fully saturated rings. The Bertz CT molecular complexity index is 368. The first-order valence-electron chi connectivity index (χ1n) is 6.27. The maximum Gasteiger partial charge on any atom is 0.315 e. The first kappa shape index (κ1) is 12.0. The van der Waals surface area contributed by atoms with E-state index in [-0.39, 0.29) is 6.03 Å². The number of carbonyl (C=O) groups excluding carboxylic acids is 1. The molecule has 0 unspecified atom stereocenters. The van der Waals surface area contributed by atoms with Crippen LogP contribution in [0.4, 0.5) is 4.79 Å². The van der Waals surface area contributed by atoms with Crippen molar-refractivity contribution in [2.45, 2.75) is 38.1 Å². The van der Waals surface area contributed by atoms with Crippen LogP contribution in [0.2, 0.25) is 0 Å². The van der Waals surface area contributed by atoms with Gasteiger partial charge in [0.2, 0.25) is 0 Å². The topological polar surface area (TPSA) is 59.0 Å². The number of rotatable bonds is 4. The fourth-order valence-electron chi connectivity index (χ4n) is 2.21. The van der Waals surface area contributed by atoms with Crippen LogP contribution in [0.25, 0.3) is 0 Å². The van der Waals surface area contributed by atoms with Crippen LogP contribution in [0.3, 0.4) is 0 Å². The number of nitrogens with one attached hydrogen (secondary N) is 2. The SMILES string of the molecule is Cn1ccc(CCNC(=O)NC2CCCC2)n1. The van der Waals surface area contributed by atoms with E-state index in [0.717, 1.165) is 25.0 Å². The minimum atomic E-state index is -0.0483. The number of urea groups is 1. The summed E-state index contributed by atoms with van der Waals surface area (Å²) in [4.78, 5) is 11.5. The van der Waals surface area contributed by atoms with Gasteiger partial charge in [-0.05, 0) is 18.9 Å². The van der Waals surface area contributed by atoms with Gasteiger partial charge < -0.3 is 10.6 Å². The Morgan fingerprint density at radius 1 is 1.53 bits per heavy atom. The molecule has 1 aliphatic rings. The van der Waals surface area contributed by atoms with E-state index in [1.54, 1.807) is 4.68 Å². The summed E-state index contributed by atoms with van der Waals surface area (Å²) in [7, 11) is 1.89. The number of hydrogen-bond donors (Lipinski definition) is 2. The van der Waals surface area contributed by atoms with Gasteiger partial charge in [-0.2, -0.15) is 5.10 Å². The van der Waals surface area contributed by atoms with Gasteiger partial charge in [-0.1, -0.05) is 12.8 Å². The molecule has 0 bridgehead atoms. The van der Waals surface area contributed by atoms with Crippen molar-refractivity contribution in [1.29, 1.82) is 0 Å². The summed E-state index contributed by atoms with van der Waals surface area (Å²) in [6, 6.07) is 2.30. The highest BCUT2D eigenvalue weighted by Crippen LogP contribution is 2.17. The van der Waals surface area contributed by atoms with Crippen LogP contribution in [0.5, 0.6) is 0 Å². The van der Waals surface area contributed by atoms with Crippen LogP contribution >= 0.6 is 0 Å². The van der Waals surface area contributed by atoms with E-state index >= 15 is 0 Å². The van der Waals surface area contributed by atoms with Gasteiger partial charge in [0.15, 0.2) is 0 Å². The Morgan fingerprint density at radius 2 is 2.29 bits per heavy atom. The number of hydrogen-bond acceptors (Lipinski definition) is 2. The molecule has 1 aromatic heterocycles. The fourth-order valence-corrected chi connectivity index (χ4v) is 2.21. The molecular weight excluding hydrogens is 216 g/mol. The lowest BCUT2D eigenvalue weighted by Gasteiger charge is -2.12. The molecule has 2 amide bonds. The zero-order chi connectivity index (χ0) is 12.1. The van der Waals surface area contributed by atoms with Crippen LogP contribution in [0.15, 0.2) is 12.3 Å². The fraction of sp³-hybridized carbons (Fsp3) is 0.667. The van der Waals surface area contributed by atoms with Crippen molar-refractivity contribution in [1.82, 2.24) is 20.4 Å². The molecule has 2 N–H and O–H groups in total. The first-order chi connectivity index (χ1) is 8.24. The molecule has 1 heterocycles. The van der Waals surface area contributed by atoms with Gasteiger partial charge in [-0.25, -0.2) is 4.79 Å². The minimum Gasteiger partial charge on any atom is -0.338 e. The lowest BCUT2D eigenvalue weighted by Crippen LogP contribution is -2.41. The smallest absolute Gasteiger partial charge is 0.315 e. The Morgan fingerprint density at radius 3 is 2.94 bits per heavy atom. The average Bonchev–Trinajstić information content (AvgIpc) is 2.90. The van der Waals surface area contributed by atoms with Crippen LogP contribution < -0.4 is 10.6 Å². The van der Waals surface area contributed by atoms with E-state index in [9.17, 15) is 4.79 Å². The summed E-state index contributed by atoms with van der Waals surface area (Å²) in [5, 5.41) is 10.1. The summed E-state index contributed by atoms with van der Waals surface area (Å²) >= 11 is 0. The number of amides is 2. The average molecular weight is 236 g/mol. The van der Waals surface area contributed by atoms with Gasteiger partial charge in [0, 0.05) is 32.3 Å². The maximum absolute atomic E-state index is 11.5. The second-order valence-electron chi connectivity index (χ2n) is 4.61. The van der Waals surface area contributed by atoms with Crippen molar-refractivity contribution < 1.29 is 4.79 Å². The molecule has 1 aliphatic carbocycles. The normalized spacial score (nSPS) is 16.1. The molecule has 5 nitrogen and oxygen atoms in total. The Labute approximate surface area is 102 Å². The third kappa shape index (κ3) is 3.76. The van der Waals surface area contributed by atoms with Crippen LogP contribution in [0.1, 0.15) is 31.4 Å². The van der Waals surface area contributed by atoms with Crippen LogP contribution in [-0.2, 0) is 13.5 Å². The number of nitrogens with zero attached hydrogens (tertiary/aromatic N) is 2. The van der Waals surface area contributed by atoms with E-state index in [1.165, 1.54) is 12.8 Å². The van der Waals surface area contributed by atoms with Crippen molar-refractivity contribution >= 4 is 6.03 Å². The van der Waals surface area contributed by atoms with Gasteiger partial charge in [0.25, 0.3) is 0 Å². The lowest BCUT2D eigenvalue weighted by atomic mass is 10.2. The van der Waals surface area contributed by atoms with Crippen molar-refractivity contribution in [2.75, 3.05) is 6.54 Å². The van der Waals surface area contributed by atoms with Gasteiger partial charge >= 0.3 is 6.03 Å². The summed E-state index contributed by atoms with van der Waals surface area (Å²) in [5.74, 6) is 0. The molecule has 1 saturated carbocycles. The molecule has 0 atom stereocenters. The molecular formula is C12H20N4O. The van der Waals surface area contributed by atoms with Crippen molar-refractivity contribution in [2.24, 2.45) is 7.05 Å². The summed E-state index contributed by atoms with van der Waals surface area (Å²) in [6.45, 7) is 0.634. The third-order valence-electron chi connectivity index (χ3n) is 3.13. The monoisotopic (exact) mass is 236 g/mol. The van der Waals surface area contributed by atoms with Crippen molar-refractivity contribution in [3.05, 3.63) is 18.0 Å². The van der Waals surface area contributed by atoms with Crippen LogP contribution in [-0.4, -0.2) is 28.4 Å². The summed E-state index contributed by atoms with van der Waals surface area (Å²) in [6.07, 6.45) is 7.39. The second kappa shape index (κ2) is 5.70. The van der Waals surface area contributed by atoms with Gasteiger partial charge in [-0.15, -0.1) is 0 Å². The molecule has 1 aromatic rings. The molecule has 5 heteroatoms. The third-order valence-corrected chi connectivity index (χ3v) is 3.13. The van der Waals surface area contributed by atoms with Crippen LogP contribution in [0, 0.1) is 0 Å². The number of carbonyl (C=O) groups is 1. The first-order valence-corrected chi connectivity index (χ1v) is 6.27. The highest BCUT2D eigenvalue weighted by atomic mass is 16.2. The highest BCUT2D eigenvalue weighted by molar-refractivity contribution is 5.74.